The van der Waals surface area contributed by atoms with Crippen LogP contribution in [0.2, 0.25) is 10.0 Å². The Morgan fingerprint density at radius 1 is 0.862 bits per heavy atom. The second-order valence-electron chi connectivity index (χ2n) is 6.04. The summed E-state index contributed by atoms with van der Waals surface area (Å²) in [5.74, 6) is 0. The molecule has 0 aliphatic heterocycles. The molecule has 0 saturated carbocycles. The van der Waals surface area contributed by atoms with E-state index < -0.39 is 16.1 Å². The molecular formula is C20H17Cl2N3O3S. The number of halogens is 2. The van der Waals surface area contributed by atoms with Crippen molar-refractivity contribution >= 4 is 56.3 Å². The number of carbonyl (C=O) groups excluding carboxylic acids is 1. The molecule has 0 aliphatic carbocycles. The smallest absolute Gasteiger partial charge is 0.308 e. The van der Waals surface area contributed by atoms with Gasteiger partial charge in [-0.2, -0.15) is 0 Å². The molecule has 150 valence electrons. The van der Waals surface area contributed by atoms with Crippen molar-refractivity contribution in [3.8, 4) is 0 Å². The quantitative estimate of drug-likeness (QED) is 0.542. The lowest BCUT2D eigenvalue weighted by atomic mass is 10.3. The SMILES string of the molecule is CN(c1ccc(NC(=O)Nc2ccccc2)cc1)S(=O)(=O)c1ccc(Cl)cc1Cl. The van der Waals surface area contributed by atoms with Gasteiger partial charge in [-0.25, -0.2) is 13.2 Å². The van der Waals surface area contributed by atoms with E-state index in [1.807, 2.05) is 18.2 Å². The van der Waals surface area contributed by atoms with Crippen LogP contribution in [0.4, 0.5) is 21.9 Å². The van der Waals surface area contributed by atoms with Gasteiger partial charge in [-0.15, -0.1) is 0 Å². The minimum atomic E-state index is -3.87. The molecule has 29 heavy (non-hydrogen) atoms. The van der Waals surface area contributed by atoms with Crippen LogP contribution in [-0.2, 0) is 10.0 Å². The maximum absolute atomic E-state index is 12.8. The normalized spacial score (nSPS) is 11.0. The summed E-state index contributed by atoms with van der Waals surface area (Å²) < 4.78 is 26.8. The molecular weight excluding hydrogens is 433 g/mol. The Bertz CT molecular complexity index is 1120. The predicted octanol–water partition coefficient (Wildman–Crippen LogP) is 5.46. The summed E-state index contributed by atoms with van der Waals surface area (Å²) in [4.78, 5) is 12.0. The van der Waals surface area contributed by atoms with E-state index in [-0.39, 0.29) is 9.92 Å². The van der Waals surface area contributed by atoms with Crippen molar-refractivity contribution < 1.29 is 13.2 Å². The van der Waals surface area contributed by atoms with Gasteiger partial charge < -0.3 is 10.6 Å². The Morgan fingerprint density at radius 2 is 1.45 bits per heavy atom. The van der Waals surface area contributed by atoms with Crippen LogP contribution in [0.15, 0.2) is 77.7 Å². The molecule has 0 atom stereocenters. The second kappa shape index (κ2) is 8.73. The van der Waals surface area contributed by atoms with Crippen LogP contribution in [0.3, 0.4) is 0 Å². The van der Waals surface area contributed by atoms with E-state index in [2.05, 4.69) is 10.6 Å². The number of hydrogen-bond donors (Lipinski definition) is 2. The number of anilines is 3. The number of hydrogen-bond acceptors (Lipinski definition) is 3. The van der Waals surface area contributed by atoms with Crippen LogP contribution >= 0.6 is 23.2 Å². The number of sulfonamides is 1. The number of carbonyl (C=O) groups is 1. The van der Waals surface area contributed by atoms with Gasteiger partial charge in [-0.05, 0) is 54.6 Å². The molecule has 3 aromatic rings. The fourth-order valence-corrected chi connectivity index (χ4v) is 4.48. The van der Waals surface area contributed by atoms with Crippen LogP contribution in [0.1, 0.15) is 0 Å². The summed E-state index contributed by atoms with van der Waals surface area (Å²) in [5, 5.41) is 5.78. The monoisotopic (exact) mass is 449 g/mol. The number of para-hydroxylation sites is 1. The van der Waals surface area contributed by atoms with Crippen molar-refractivity contribution in [3.05, 3.63) is 82.8 Å². The highest BCUT2D eigenvalue weighted by molar-refractivity contribution is 7.93. The molecule has 0 aliphatic rings. The largest absolute Gasteiger partial charge is 0.323 e. The fourth-order valence-electron chi connectivity index (χ4n) is 2.54. The van der Waals surface area contributed by atoms with Crippen LogP contribution in [0.25, 0.3) is 0 Å². The van der Waals surface area contributed by atoms with Crippen molar-refractivity contribution in [1.82, 2.24) is 0 Å². The predicted molar refractivity (Wildman–Crippen MR) is 118 cm³/mol. The van der Waals surface area contributed by atoms with Crippen molar-refractivity contribution in [2.24, 2.45) is 0 Å². The Morgan fingerprint density at radius 3 is 2.03 bits per heavy atom. The number of amides is 2. The second-order valence-corrected chi connectivity index (χ2v) is 8.82. The van der Waals surface area contributed by atoms with E-state index in [9.17, 15) is 13.2 Å². The molecule has 2 amide bonds. The minimum absolute atomic E-state index is 0.0419. The summed E-state index contributed by atoms with van der Waals surface area (Å²) in [6, 6.07) is 19.2. The van der Waals surface area contributed by atoms with Gasteiger partial charge in [0.2, 0.25) is 0 Å². The topological polar surface area (TPSA) is 78.5 Å². The molecule has 0 spiro atoms. The molecule has 0 saturated heterocycles. The minimum Gasteiger partial charge on any atom is -0.308 e. The molecule has 3 aromatic carbocycles. The molecule has 3 rings (SSSR count). The van der Waals surface area contributed by atoms with Crippen LogP contribution < -0.4 is 14.9 Å². The maximum atomic E-state index is 12.8. The van der Waals surface area contributed by atoms with Crippen molar-refractivity contribution in [1.29, 1.82) is 0 Å². The van der Waals surface area contributed by atoms with E-state index in [1.165, 1.54) is 25.2 Å². The molecule has 6 nitrogen and oxygen atoms in total. The van der Waals surface area contributed by atoms with Gasteiger partial charge in [-0.1, -0.05) is 41.4 Å². The maximum Gasteiger partial charge on any atom is 0.323 e. The van der Waals surface area contributed by atoms with Crippen molar-refractivity contribution in [3.63, 3.8) is 0 Å². The molecule has 0 aromatic heterocycles. The van der Waals surface area contributed by atoms with Gasteiger partial charge in [0, 0.05) is 23.4 Å². The molecule has 0 radical (unpaired) electrons. The van der Waals surface area contributed by atoms with Crippen molar-refractivity contribution in [2.75, 3.05) is 22.0 Å². The highest BCUT2D eigenvalue weighted by Gasteiger charge is 2.24. The Labute approximate surface area is 179 Å². The average Bonchev–Trinajstić information content (AvgIpc) is 2.68. The van der Waals surface area contributed by atoms with Gasteiger partial charge in [0.25, 0.3) is 10.0 Å². The van der Waals surface area contributed by atoms with Gasteiger partial charge >= 0.3 is 6.03 Å². The molecule has 0 fully saturated rings. The van der Waals surface area contributed by atoms with Crippen molar-refractivity contribution in [2.45, 2.75) is 4.90 Å². The lowest BCUT2D eigenvalue weighted by Gasteiger charge is -2.20. The number of urea groups is 1. The third kappa shape index (κ3) is 5.00. The Kier molecular flexibility index (Phi) is 6.32. The number of nitrogens with zero attached hydrogens (tertiary/aromatic N) is 1. The highest BCUT2D eigenvalue weighted by Crippen LogP contribution is 2.30. The van der Waals surface area contributed by atoms with E-state index in [0.717, 1.165) is 4.31 Å². The third-order valence-corrected chi connectivity index (χ3v) is 6.56. The van der Waals surface area contributed by atoms with Crippen LogP contribution in [-0.4, -0.2) is 21.5 Å². The first-order valence-corrected chi connectivity index (χ1v) is 10.6. The number of nitrogens with one attached hydrogen (secondary N) is 2. The first-order valence-electron chi connectivity index (χ1n) is 8.44. The zero-order valence-corrected chi connectivity index (χ0v) is 17.6. The summed E-state index contributed by atoms with van der Waals surface area (Å²) in [5.41, 5.74) is 1.58. The van der Waals surface area contributed by atoms with Gasteiger partial charge in [0.05, 0.1) is 10.7 Å². The number of rotatable bonds is 5. The Balaban J connectivity index is 1.72. The lowest BCUT2D eigenvalue weighted by molar-refractivity contribution is 0.262. The van der Waals surface area contributed by atoms with Gasteiger partial charge in [0.1, 0.15) is 4.90 Å². The van der Waals surface area contributed by atoms with E-state index in [4.69, 9.17) is 23.2 Å². The zero-order valence-electron chi connectivity index (χ0n) is 15.3. The average molecular weight is 450 g/mol. The van der Waals surface area contributed by atoms with E-state index in [0.29, 0.717) is 22.1 Å². The van der Waals surface area contributed by atoms with Gasteiger partial charge in [-0.3, -0.25) is 4.31 Å². The van der Waals surface area contributed by atoms with E-state index in [1.54, 1.807) is 36.4 Å². The van der Waals surface area contributed by atoms with E-state index >= 15 is 0 Å². The molecule has 0 bridgehead atoms. The van der Waals surface area contributed by atoms with Crippen LogP contribution in [0, 0.1) is 0 Å². The number of benzene rings is 3. The third-order valence-electron chi connectivity index (χ3n) is 4.05. The molecule has 0 heterocycles. The standard InChI is InChI=1S/C20H17Cl2N3O3S/c1-25(29(27,28)19-12-7-14(21)13-18(19)22)17-10-8-16(9-11-17)24-20(26)23-15-5-3-2-4-6-15/h2-13H,1H3,(H2,23,24,26). The first kappa shape index (κ1) is 21.0. The first-order chi connectivity index (χ1) is 13.8. The highest BCUT2D eigenvalue weighted by atomic mass is 35.5. The zero-order chi connectivity index (χ0) is 21.0. The van der Waals surface area contributed by atoms with Gasteiger partial charge in [0.15, 0.2) is 0 Å². The lowest BCUT2D eigenvalue weighted by Crippen LogP contribution is -2.26. The molecule has 9 heteroatoms. The van der Waals surface area contributed by atoms with Crippen LogP contribution in [0.5, 0.6) is 0 Å². The summed E-state index contributed by atoms with van der Waals surface area (Å²) >= 11 is 11.9. The molecule has 2 N–H and O–H groups in total. The fraction of sp³-hybridized carbons (Fsp3) is 0.0500. The summed E-state index contributed by atoms with van der Waals surface area (Å²) in [6.45, 7) is 0. The Hall–Kier alpha value is -2.74. The summed E-state index contributed by atoms with van der Waals surface area (Å²) in [6.07, 6.45) is 0. The summed E-state index contributed by atoms with van der Waals surface area (Å²) in [7, 11) is -2.45. The molecule has 0 unspecified atom stereocenters.